The lowest BCUT2D eigenvalue weighted by Crippen LogP contribution is -2.06. The maximum atomic E-state index is 13.2. The van der Waals surface area contributed by atoms with Crippen LogP contribution < -0.4 is 4.74 Å². The van der Waals surface area contributed by atoms with Crippen LogP contribution in [0.4, 0.5) is 4.39 Å². The third-order valence-corrected chi connectivity index (χ3v) is 2.53. The summed E-state index contributed by atoms with van der Waals surface area (Å²) in [6.07, 6.45) is 2.39. The number of ether oxygens (including phenoxy) is 2. The molecule has 0 saturated heterocycles. The van der Waals surface area contributed by atoms with Crippen LogP contribution in [0, 0.1) is 11.7 Å². The zero-order chi connectivity index (χ0) is 12.3. The predicted molar refractivity (Wildman–Crippen MR) is 57.5 cm³/mol. The van der Waals surface area contributed by atoms with E-state index in [0.717, 1.165) is 6.07 Å². The molecule has 0 atom stereocenters. The first kappa shape index (κ1) is 11.9. The fourth-order valence-electron chi connectivity index (χ4n) is 1.37. The molecule has 0 heterocycles. The van der Waals surface area contributed by atoms with Gasteiger partial charge in [0.15, 0.2) is 6.79 Å². The molecule has 0 aliphatic heterocycles. The summed E-state index contributed by atoms with van der Waals surface area (Å²) in [6.45, 7) is 0.720. The molecule has 1 aromatic carbocycles. The first-order valence-corrected chi connectivity index (χ1v) is 5.40. The van der Waals surface area contributed by atoms with E-state index in [9.17, 15) is 9.18 Å². The highest BCUT2D eigenvalue weighted by molar-refractivity contribution is 5.88. The van der Waals surface area contributed by atoms with E-state index in [4.69, 9.17) is 14.6 Å². The van der Waals surface area contributed by atoms with Crippen LogP contribution >= 0.6 is 0 Å². The predicted octanol–water partition coefficient (Wildman–Crippen LogP) is 2.29. The van der Waals surface area contributed by atoms with Crippen LogP contribution in [0.15, 0.2) is 18.2 Å². The molecular formula is C12H13FO4. The fourth-order valence-corrected chi connectivity index (χ4v) is 1.37. The maximum absolute atomic E-state index is 13.2. The van der Waals surface area contributed by atoms with Gasteiger partial charge in [-0.3, -0.25) is 0 Å². The van der Waals surface area contributed by atoms with Crippen molar-refractivity contribution in [3.05, 3.63) is 29.6 Å². The van der Waals surface area contributed by atoms with E-state index in [1.807, 2.05) is 0 Å². The number of hydrogen-bond donors (Lipinski definition) is 1. The summed E-state index contributed by atoms with van der Waals surface area (Å²) >= 11 is 0. The minimum absolute atomic E-state index is 0.0579. The van der Waals surface area contributed by atoms with Gasteiger partial charge in [-0.15, -0.1) is 0 Å². The molecule has 1 aliphatic carbocycles. The molecule has 0 unspecified atom stereocenters. The topological polar surface area (TPSA) is 55.8 Å². The Morgan fingerprint density at radius 1 is 1.47 bits per heavy atom. The van der Waals surface area contributed by atoms with Crippen LogP contribution in [0.25, 0.3) is 0 Å². The zero-order valence-corrected chi connectivity index (χ0v) is 9.19. The monoisotopic (exact) mass is 240 g/mol. The van der Waals surface area contributed by atoms with Crippen LogP contribution in [-0.2, 0) is 4.74 Å². The summed E-state index contributed by atoms with van der Waals surface area (Å²) in [6, 6.07) is 3.63. The molecule has 0 radical (unpaired) electrons. The average Bonchev–Trinajstić information content (AvgIpc) is 3.08. The lowest BCUT2D eigenvalue weighted by molar-refractivity contribution is 0.00982. The lowest BCUT2D eigenvalue weighted by Gasteiger charge is -2.07. The van der Waals surface area contributed by atoms with Crippen molar-refractivity contribution in [2.24, 2.45) is 5.92 Å². The molecule has 1 aromatic rings. The van der Waals surface area contributed by atoms with Crippen LogP contribution in [-0.4, -0.2) is 24.5 Å². The van der Waals surface area contributed by atoms with Gasteiger partial charge in [-0.05, 0) is 30.9 Å². The summed E-state index contributed by atoms with van der Waals surface area (Å²) in [4.78, 5) is 10.6. The first-order valence-electron chi connectivity index (χ1n) is 5.40. The van der Waals surface area contributed by atoms with E-state index in [0.29, 0.717) is 12.5 Å². The van der Waals surface area contributed by atoms with Crippen LogP contribution in [0.1, 0.15) is 23.2 Å². The van der Waals surface area contributed by atoms with Crippen molar-refractivity contribution in [1.82, 2.24) is 0 Å². The van der Waals surface area contributed by atoms with Gasteiger partial charge in [-0.2, -0.15) is 0 Å². The van der Waals surface area contributed by atoms with Gasteiger partial charge in [0.25, 0.3) is 0 Å². The normalized spacial score (nSPS) is 14.6. The van der Waals surface area contributed by atoms with Gasteiger partial charge >= 0.3 is 5.97 Å². The fraction of sp³-hybridized carbons (Fsp3) is 0.417. The molecule has 2 rings (SSSR count). The molecule has 4 nitrogen and oxygen atoms in total. The minimum atomic E-state index is -1.29. The third kappa shape index (κ3) is 3.42. The highest BCUT2D eigenvalue weighted by Gasteiger charge is 2.21. The molecule has 1 aliphatic rings. The van der Waals surface area contributed by atoms with Crippen molar-refractivity contribution in [3.8, 4) is 5.75 Å². The summed E-state index contributed by atoms with van der Waals surface area (Å²) in [7, 11) is 0. The van der Waals surface area contributed by atoms with Crippen molar-refractivity contribution in [3.63, 3.8) is 0 Å². The highest BCUT2D eigenvalue weighted by Crippen LogP contribution is 2.28. The van der Waals surface area contributed by atoms with Gasteiger partial charge in [-0.25, -0.2) is 9.18 Å². The zero-order valence-electron chi connectivity index (χ0n) is 9.19. The molecule has 5 heteroatoms. The molecular weight excluding hydrogens is 227 g/mol. The van der Waals surface area contributed by atoms with Crippen molar-refractivity contribution in [2.75, 3.05) is 13.4 Å². The molecule has 1 fully saturated rings. The largest absolute Gasteiger partial charge is 0.478 e. The van der Waals surface area contributed by atoms with E-state index in [-0.39, 0.29) is 18.1 Å². The molecule has 0 amide bonds. The Kier molecular flexibility index (Phi) is 3.58. The van der Waals surface area contributed by atoms with E-state index < -0.39 is 11.8 Å². The Morgan fingerprint density at radius 2 is 2.24 bits per heavy atom. The molecule has 0 spiro atoms. The van der Waals surface area contributed by atoms with Gasteiger partial charge in [0.05, 0.1) is 12.2 Å². The third-order valence-electron chi connectivity index (χ3n) is 2.53. The van der Waals surface area contributed by atoms with Crippen LogP contribution in [0.3, 0.4) is 0 Å². The Balaban J connectivity index is 1.83. The summed E-state index contributed by atoms with van der Waals surface area (Å²) in [5.74, 6) is -1.19. The summed E-state index contributed by atoms with van der Waals surface area (Å²) in [5.41, 5.74) is -0.365. The Hall–Kier alpha value is -1.62. The highest BCUT2D eigenvalue weighted by atomic mass is 19.1. The van der Waals surface area contributed by atoms with E-state index >= 15 is 0 Å². The summed E-state index contributed by atoms with van der Waals surface area (Å²) < 4.78 is 23.6. The number of rotatable bonds is 6. The second-order valence-electron chi connectivity index (χ2n) is 4.02. The number of benzene rings is 1. The molecule has 1 saturated carbocycles. The number of carbonyl (C=O) groups is 1. The first-order chi connectivity index (χ1) is 8.16. The number of halogens is 1. The van der Waals surface area contributed by atoms with Gasteiger partial charge in [0.1, 0.15) is 11.6 Å². The maximum Gasteiger partial charge on any atom is 0.338 e. The van der Waals surface area contributed by atoms with Gasteiger partial charge in [0.2, 0.25) is 0 Å². The number of hydrogen-bond acceptors (Lipinski definition) is 3. The second kappa shape index (κ2) is 5.14. The Bertz CT molecular complexity index is 415. The minimum Gasteiger partial charge on any atom is -0.478 e. The molecule has 1 N–H and O–H groups in total. The van der Waals surface area contributed by atoms with E-state index in [2.05, 4.69) is 0 Å². The van der Waals surface area contributed by atoms with Crippen molar-refractivity contribution in [1.29, 1.82) is 0 Å². The quantitative estimate of drug-likeness (QED) is 0.612. The number of aromatic carboxylic acids is 1. The van der Waals surface area contributed by atoms with Crippen LogP contribution in [0.2, 0.25) is 0 Å². The number of carboxylic acids is 1. The Labute approximate surface area is 98.0 Å². The molecule has 0 aromatic heterocycles. The molecule has 92 valence electrons. The Morgan fingerprint density at radius 3 is 2.82 bits per heavy atom. The van der Waals surface area contributed by atoms with Crippen molar-refractivity contribution in [2.45, 2.75) is 12.8 Å². The number of carboxylic acid groups (broad SMARTS) is 1. The van der Waals surface area contributed by atoms with Crippen LogP contribution in [0.5, 0.6) is 5.75 Å². The summed E-state index contributed by atoms with van der Waals surface area (Å²) in [5, 5.41) is 8.63. The van der Waals surface area contributed by atoms with E-state index in [1.54, 1.807) is 0 Å². The SMILES string of the molecule is O=C(O)c1ccc(OCOCC2CC2)cc1F. The molecule has 17 heavy (non-hydrogen) atoms. The average molecular weight is 240 g/mol. The second-order valence-corrected chi connectivity index (χ2v) is 4.02. The standard InChI is InChI=1S/C12H13FO4/c13-11-5-9(3-4-10(11)12(14)15)17-7-16-6-8-1-2-8/h3-5,8H,1-2,6-7H2,(H,14,15). The van der Waals surface area contributed by atoms with Crippen molar-refractivity contribution < 1.29 is 23.8 Å². The van der Waals surface area contributed by atoms with Gasteiger partial charge in [-0.1, -0.05) is 0 Å². The van der Waals surface area contributed by atoms with Gasteiger partial charge < -0.3 is 14.6 Å². The van der Waals surface area contributed by atoms with Gasteiger partial charge in [0, 0.05) is 6.07 Å². The lowest BCUT2D eigenvalue weighted by atomic mass is 10.2. The van der Waals surface area contributed by atoms with Crippen molar-refractivity contribution >= 4 is 5.97 Å². The smallest absolute Gasteiger partial charge is 0.338 e. The molecule has 0 bridgehead atoms. The van der Waals surface area contributed by atoms with E-state index in [1.165, 1.54) is 25.0 Å².